The normalized spacial score (nSPS) is 25.5. The zero-order valence-electron chi connectivity index (χ0n) is 8.87. The lowest BCUT2D eigenvalue weighted by Crippen LogP contribution is -2.12. The van der Waals surface area contributed by atoms with Gasteiger partial charge in [-0.3, -0.25) is 4.39 Å². The minimum Gasteiger partial charge on any atom is -0.497 e. The fourth-order valence-corrected chi connectivity index (χ4v) is 2.16. The van der Waals surface area contributed by atoms with Crippen LogP contribution >= 0.6 is 0 Å². The lowest BCUT2D eigenvalue weighted by molar-refractivity contribution is 0.357. The van der Waals surface area contributed by atoms with Gasteiger partial charge >= 0.3 is 0 Å². The van der Waals surface area contributed by atoms with Crippen LogP contribution < -0.4 is 10.1 Å². The average molecular weight is 209 g/mol. The Bertz CT molecular complexity index is 329. The van der Waals surface area contributed by atoms with Gasteiger partial charge in [-0.15, -0.1) is 0 Å². The van der Waals surface area contributed by atoms with Crippen LogP contribution in [0.4, 0.5) is 4.39 Å². The second kappa shape index (κ2) is 4.62. The largest absolute Gasteiger partial charge is 0.497 e. The van der Waals surface area contributed by atoms with Gasteiger partial charge in [-0.2, -0.15) is 0 Å². The van der Waals surface area contributed by atoms with Crippen molar-refractivity contribution in [1.29, 1.82) is 0 Å². The van der Waals surface area contributed by atoms with Crippen molar-refractivity contribution in [2.24, 2.45) is 5.92 Å². The molecule has 0 aromatic heterocycles. The van der Waals surface area contributed by atoms with Gasteiger partial charge in [0.2, 0.25) is 0 Å². The number of hydrogen-bond acceptors (Lipinski definition) is 2. The molecule has 0 spiro atoms. The topological polar surface area (TPSA) is 21.3 Å². The van der Waals surface area contributed by atoms with Gasteiger partial charge in [0.15, 0.2) is 0 Å². The monoisotopic (exact) mass is 209 g/mol. The lowest BCUT2D eigenvalue weighted by Gasteiger charge is -2.16. The predicted molar refractivity (Wildman–Crippen MR) is 58.1 cm³/mol. The Morgan fingerprint density at radius 3 is 3.07 bits per heavy atom. The summed E-state index contributed by atoms with van der Waals surface area (Å²) in [7, 11) is 1.65. The van der Waals surface area contributed by atoms with E-state index in [4.69, 9.17) is 4.74 Å². The van der Waals surface area contributed by atoms with E-state index in [-0.39, 0.29) is 18.5 Å². The van der Waals surface area contributed by atoms with Crippen molar-refractivity contribution >= 4 is 0 Å². The Balaban J connectivity index is 2.20. The van der Waals surface area contributed by atoms with Gasteiger partial charge in [-0.05, 0) is 17.7 Å². The van der Waals surface area contributed by atoms with Gasteiger partial charge in [0.25, 0.3) is 0 Å². The van der Waals surface area contributed by atoms with E-state index in [9.17, 15) is 4.39 Å². The van der Waals surface area contributed by atoms with E-state index in [0.29, 0.717) is 0 Å². The second-order valence-electron chi connectivity index (χ2n) is 3.96. The maximum Gasteiger partial charge on any atom is 0.119 e. The van der Waals surface area contributed by atoms with Crippen molar-refractivity contribution in [3.05, 3.63) is 29.8 Å². The number of benzene rings is 1. The Hall–Kier alpha value is -1.09. The fraction of sp³-hybridized carbons (Fsp3) is 0.500. The van der Waals surface area contributed by atoms with Crippen LogP contribution in [0.25, 0.3) is 0 Å². The van der Waals surface area contributed by atoms with E-state index >= 15 is 0 Å². The summed E-state index contributed by atoms with van der Waals surface area (Å²) in [4.78, 5) is 0. The summed E-state index contributed by atoms with van der Waals surface area (Å²) < 4.78 is 17.9. The molecule has 3 heteroatoms. The van der Waals surface area contributed by atoms with E-state index < -0.39 is 0 Å². The average Bonchev–Trinajstić information content (AvgIpc) is 2.77. The van der Waals surface area contributed by atoms with Crippen LogP contribution in [0.1, 0.15) is 11.5 Å². The molecule has 1 fully saturated rings. The third-order valence-electron chi connectivity index (χ3n) is 3.06. The maximum atomic E-state index is 12.7. The van der Waals surface area contributed by atoms with E-state index in [0.717, 1.165) is 18.8 Å². The molecular formula is C12H16FNO. The number of halogens is 1. The standard InChI is InChI=1S/C12H16FNO/c1-15-11-4-2-3-9(5-11)12-8-14-7-10(12)6-13/h2-5,10,12,14H,6-8H2,1H3/t10-,12+/m0/s1. The summed E-state index contributed by atoms with van der Waals surface area (Å²) in [6.07, 6.45) is 0. The van der Waals surface area contributed by atoms with Gasteiger partial charge < -0.3 is 10.1 Å². The van der Waals surface area contributed by atoms with Crippen LogP contribution in [0.2, 0.25) is 0 Å². The minimum atomic E-state index is -0.255. The van der Waals surface area contributed by atoms with Crippen LogP contribution in [-0.2, 0) is 0 Å². The second-order valence-corrected chi connectivity index (χ2v) is 3.96. The molecular weight excluding hydrogens is 193 g/mol. The van der Waals surface area contributed by atoms with Gasteiger partial charge in [-0.1, -0.05) is 12.1 Å². The SMILES string of the molecule is COc1cccc([C@H]2CNC[C@@H]2CF)c1. The zero-order chi connectivity index (χ0) is 10.7. The van der Waals surface area contributed by atoms with Gasteiger partial charge in [-0.25, -0.2) is 0 Å². The highest BCUT2D eigenvalue weighted by Crippen LogP contribution is 2.30. The van der Waals surface area contributed by atoms with Crippen LogP contribution in [0.15, 0.2) is 24.3 Å². The number of rotatable bonds is 3. The van der Waals surface area contributed by atoms with Gasteiger partial charge in [0.1, 0.15) is 5.75 Å². The number of nitrogens with one attached hydrogen (secondary N) is 1. The number of ether oxygens (including phenoxy) is 1. The molecule has 1 heterocycles. The third kappa shape index (κ3) is 2.12. The highest BCUT2D eigenvalue weighted by Gasteiger charge is 2.28. The quantitative estimate of drug-likeness (QED) is 0.821. The summed E-state index contributed by atoms with van der Waals surface area (Å²) in [6.45, 7) is 1.38. The Morgan fingerprint density at radius 2 is 2.33 bits per heavy atom. The smallest absolute Gasteiger partial charge is 0.119 e. The van der Waals surface area contributed by atoms with Crippen molar-refractivity contribution in [3.63, 3.8) is 0 Å². The molecule has 2 atom stereocenters. The molecule has 0 amide bonds. The van der Waals surface area contributed by atoms with Crippen LogP contribution in [-0.4, -0.2) is 26.9 Å². The molecule has 1 aromatic rings. The van der Waals surface area contributed by atoms with E-state index in [2.05, 4.69) is 5.32 Å². The van der Waals surface area contributed by atoms with Crippen molar-refractivity contribution in [1.82, 2.24) is 5.32 Å². The van der Waals surface area contributed by atoms with Crippen molar-refractivity contribution in [2.75, 3.05) is 26.9 Å². The molecule has 2 nitrogen and oxygen atoms in total. The Labute approximate surface area is 89.4 Å². The van der Waals surface area contributed by atoms with E-state index in [1.54, 1.807) is 7.11 Å². The number of hydrogen-bond donors (Lipinski definition) is 1. The van der Waals surface area contributed by atoms with Crippen molar-refractivity contribution in [2.45, 2.75) is 5.92 Å². The summed E-state index contributed by atoms with van der Waals surface area (Å²) in [6, 6.07) is 7.92. The van der Waals surface area contributed by atoms with Crippen LogP contribution in [0.3, 0.4) is 0 Å². The number of methoxy groups -OCH3 is 1. The molecule has 0 radical (unpaired) electrons. The molecule has 2 rings (SSSR count). The van der Waals surface area contributed by atoms with Gasteiger partial charge in [0, 0.05) is 24.9 Å². The first-order valence-electron chi connectivity index (χ1n) is 5.25. The molecule has 1 aliphatic rings. The first kappa shape index (κ1) is 10.4. The molecule has 0 unspecified atom stereocenters. The minimum absolute atomic E-state index is 0.108. The van der Waals surface area contributed by atoms with E-state index in [1.807, 2.05) is 24.3 Å². The van der Waals surface area contributed by atoms with Crippen LogP contribution in [0, 0.1) is 5.92 Å². The molecule has 1 aromatic carbocycles. The van der Waals surface area contributed by atoms with Gasteiger partial charge in [0.05, 0.1) is 13.8 Å². The molecule has 1 N–H and O–H groups in total. The summed E-state index contributed by atoms with van der Waals surface area (Å²) in [5.74, 6) is 1.24. The fourth-order valence-electron chi connectivity index (χ4n) is 2.16. The molecule has 0 saturated carbocycles. The van der Waals surface area contributed by atoms with Crippen LogP contribution in [0.5, 0.6) is 5.75 Å². The summed E-state index contributed by atoms with van der Waals surface area (Å²) >= 11 is 0. The maximum absolute atomic E-state index is 12.7. The zero-order valence-corrected chi connectivity index (χ0v) is 8.87. The van der Waals surface area contributed by atoms with Crippen molar-refractivity contribution < 1.29 is 9.13 Å². The summed E-state index contributed by atoms with van der Waals surface area (Å²) in [5, 5.41) is 3.23. The molecule has 82 valence electrons. The Kier molecular flexibility index (Phi) is 3.21. The van der Waals surface area contributed by atoms with E-state index in [1.165, 1.54) is 5.56 Å². The predicted octanol–water partition coefficient (Wildman–Crippen LogP) is 1.97. The first-order chi connectivity index (χ1) is 7.35. The first-order valence-corrected chi connectivity index (χ1v) is 5.25. The summed E-state index contributed by atoms with van der Waals surface area (Å²) in [5.41, 5.74) is 1.17. The lowest BCUT2D eigenvalue weighted by atomic mass is 9.90. The molecule has 1 saturated heterocycles. The molecule has 0 aliphatic carbocycles. The molecule has 1 aliphatic heterocycles. The molecule has 0 bridgehead atoms. The van der Waals surface area contributed by atoms with Crippen molar-refractivity contribution in [3.8, 4) is 5.75 Å². The number of alkyl halides is 1. The third-order valence-corrected chi connectivity index (χ3v) is 3.06. The highest BCUT2D eigenvalue weighted by molar-refractivity contribution is 5.32. The Morgan fingerprint density at radius 1 is 1.47 bits per heavy atom. The highest BCUT2D eigenvalue weighted by atomic mass is 19.1. The molecule has 15 heavy (non-hydrogen) atoms.